The van der Waals surface area contributed by atoms with Gasteiger partial charge in [0.05, 0.1) is 5.57 Å². The van der Waals surface area contributed by atoms with Crippen molar-refractivity contribution >= 4 is 44.9 Å². The minimum absolute atomic E-state index is 0.320. The Hall–Kier alpha value is -1.39. The lowest BCUT2D eigenvalue weighted by Gasteiger charge is -2.02. The number of benzene rings is 1. The van der Waals surface area contributed by atoms with E-state index in [1.807, 2.05) is 42.6 Å². The van der Waals surface area contributed by atoms with Gasteiger partial charge >= 0.3 is 5.97 Å². The van der Waals surface area contributed by atoms with Crippen LogP contribution >= 0.6 is 27.3 Å². The van der Waals surface area contributed by atoms with Gasteiger partial charge in [0.15, 0.2) is 0 Å². The van der Waals surface area contributed by atoms with E-state index < -0.39 is 5.97 Å². The van der Waals surface area contributed by atoms with Crippen LogP contribution in [0.25, 0.3) is 11.6 Å². The molecule has 2 aromatic rings. The highest BCUT2D eigenvalue weighted by molar-refractivity contribution is 9.10. The fraction of sp³-hybridized carbons (Fsp3) is 0.0714. The molecule has 1 aromatic carbocycles. The maximum Gasteiger partial charge on any atom is 0.337 e. The van der Waals surface area contributed by atoms with Gasteiger partial charge < -0.3 is 5.11 Å². The number of aliphatic carboxylic acids is 1. The third kappa shape index (κ3) is 2.89. The zero-order valence-electron chi connectivity index (χ0n) is 9.68. The number of rotatable bonds is 3. The number of thiophene rings is 1. The average molecular weight is 323 g/mol. The Kier molecular flexibility index (Phi) is 3.99. The fourth-order valence-corrected chi connectivity index (χ4v) is 2.67. The van der Waals surface area contributed by atoms with Crippen LogP contribution in [-0.4, -0.2) is 11.1 Å². The molecule has 1 N–H and O–H groups in total. The smallest absolute Gasteiger partial charge is 0.337 e. The van der Waals surface area contributed by atoms with Crippen LogP contribution in [0.2, 0.25) is 0 Å². The van der Waals surface area contributed by atoms with Crippen molar-refractivity contribution < 1.29 is 9.90 Å². The van der Waals surface area contributed by atoms with Crippen molar-refractivity contribution in [3.8, 4) is 0 Å². The van der Waals surface area contributed by atoms with Crippen LogP contribution in [0.3, 0.4) is 0 Å². The number of aryl methyl sites for hydroxylation is 1. The summed E-state index contributed by atoms with van der Waals surface area (Å²) < 4.78 is 0.979. The van der Waals surface area contributed by atoms with Gasteiger partial charge in [-0.2, -0.15) is 0 Å². The van der Waals surface area contributed by atoms with Gasteiger partial charge in [-0.1, -0.05) is 34.1 Å². The summed E-state index contributed by atoms with van der Waals surface area (Å²) in [7, 11) is 0. The Bertz CT molecular complexity index is 600. The second-order valence-electron chi connectivity index (χ2n) is 3.85. The summed E-state index contributed by atoms with van der Waals surface area (Å²) in [6, 6.07) is 9.46. The van der Waals surface area contributed by atoms with Crippen LogP contribution in [0, 0.1) is 6.92 Å². The van der Waals surface area contributed by atoms with E-state index in [0.29, 0.717) is 5.57 Å². The molecule has 0 aliphatic rings. The summed E-state index contributed by atoms with van der Waals surface area (Å²) in [6.07, 6.45) is 1.69. The fourth-order valence-electron chi connectivity index (χ4n) is 1.54. The first-order chi connectivity index (χ1) is 8.58. The first-order valence-electron chi connectivity index (χ1n) is 5.33. The van der Waals surface area contributed by atoms with Gasteiger partial charge in [-0.15, -0.1) is 11.3 Å². The Morgan fingerprint density at radius 3 is 2.72 bits per heavy atom. The van der Waals surface area contributed by atoms with E-state index in [1.165, 1.54) is 11.3 Å². The maximum absolute atomic E-state index is 11.3. The number of carboxylic acids is 1. The summed E-state index contributed by atoms with van der Waals surface area (Å²) in [5.74, 6) is -0.908. The topological polar surface area (TPSA) is 37.3 Å². The third-order valence-corrected chi connectivity index (χ3v) is 4.28. The number of carboxylic acid groups (broad SMARTS) is 1. The molecule has 1 heterocycles. The number of hydrogen-bond acceptors (Lipinski definition) is 2. The van der Waals surface area contributed by atoms with Crippen LogP contribution in [0.4, 0.5) is 0 Å². The van der Waals surface area contributed by atoms with E-state index in [2.05, 4.69) is 15.9 Å². The summed E-state index contributed by atoms with van der Waals surface area (Å²) in [5, 5.41) is 11.1. The molecule has 2 nitrogen and oxygen atoms in total. The van der Waals surface area contributed by atoms with Crippen molar-refractivity contribution in [1.82, 2.24) is 0 Å². The van der Waals surface area contributed by atoms with Crippen LogP contribution in [0.5, 0.6) is 0 Å². The van der Waals surface area contributed by atoms with Crippen molar-refractivity contribution in [1.29, 1.82) is 0 Å². The highest BCUT2D eigenvalue weighted by Crippen LogP contribution is 2.25. The molecule has 1 aromatic heterocycles. The predicted molar refractivity (Wildman–Crippen MR) is 78.7 cm³/mol. The van der Waals surface area contributed by atoms with Crippen molar-refractivity contribution in [2.45, 2.75) is 6.92 Å². The molecule has 0 aliphatic carbocycles. The molecule has 4 heteroatoms. The second kappa shape index (κ2) is 5.50. The quantitative estimate of drug-likeness (QED) is 0.848. The summed E-state index contributed by atoms with van der Waals surface area (Å²) in [4.78, 5) is 12.0. The van der Waals surface area contributed by atoms with Gasteiger partial charge in [0.2, 0.25) is 0 Å². The Morgan fingerprint density at radius 2 is 2.17 bits per heavy atom. The van der Waals surface area contributed by atoms with Crippen LogP contribution in [0.1, 0.15) is 16.0 Å². The zero-order valence-corrected chi connectivity index (χ0v) is 12.1. The standard InChI is InChI=1S/C14H11BrO2S/c1-9-4-5-10(8-12(9)15)7-11(14(16)17)13-3-2-6-18-13/h2-8H,1H3,(H,16,17)/b11-7+. The maximum atomic E-state index is 11.3. The number of carbonyl (C=O) groups is 1. The SMILES string of the molecule is Cc1ccc(/C=C(/C(=O)O)c2cccs2)cc1Br. The van der Waals surface area contributed by atoms with E-state index in [1.54, 1.807) is 6.08 Å². The van der Waals surface area contributed by atoms with Gasteiger partial charge in [0.1, 0.15) is 0 Å². The minimum atomic E-state index is -0.908. The van der Waals surface area contributed by atoms with Crippen molar-refractivity contribution in [3.05, 3.63) is 56.2 Å². The van der Waals surface area contributed by atoms with Crippen molar-refractivity contribution in [2.24, 2.45) is 0 Å². The lowest BCUT2D eigenvalue weighted by molar-refractivity contribution is -0.130. The average Bonchev–Trinajstić information content (AvgIpc) is 2.83. The molecule has 92 valence electrons. The highest BCUT2D eigenvalue weighted by Gasteiger charge is 2.11. The van der Waals surface area contributed by atoms with Crippen molar-refractivity contribution in [3.63, 3.8) is 0 Å². The van der Waals surface area contributed by atoms with Gasteiger partial charge in [0, 0.05) is 9.35 Å². The van der Waals surface area contributed by atoms with Gasteiger partial charge in [-0.25, -0.2) is 4.79 Å². The van der Waals surface area contributed by atoms with E-state index >= 15 is 0 Å². The zero-order chi connectivity index (χ0) is 13.1. The van der Waals surface area contributed by atoms with Gasteiger partial charge in [0.25, 0.3) is 0 Å². The molecule has 0 saturated carbocycles. The second-order valence-corrected chi connectivity index (χ2v) is 5.65. The molecule has 0 bridgehead atoms. The van der Waals surface area contributed by atoms with Crippen LogP contribution < -0.4 is 0 Å². The predicted octanol–water partition coefficient (Wildman–Crippen LogP) is 4.44. The van der Waals surface area contributed by atoms with E-state index in [-0.39, 0.29) is 0 Å². The van der Waals surface area contributed by atoms with Gasteiger partial charge in [-0.3, -0.25) is 0 Å². The van der Waals surface area contributed by atoms with E-state index in [0.717, 1.165) is 20.5 Å². The lowest BCUT2D eigenvalue weighted by Crippen LogP contribution is -1.97. The molecule has 2 rings (SSSR count). The molecule has 0 amide bonds. The van der Waals surface area contributed by atoms with Crippen molar-refractivity contribution in [2.75, 3.05) is 0 Å². The highest BCUT2D eigenvalue weighted by atomic mass is 79.9. The molecule has 0 unspecified atom stereocenters. The molecular weight excluding hydrogens is 312 g/mol. The van der Waals surface area contributed by atoms with Crippen LogP contribution in [0.15, 0.2) is 40.2 Å². The molecule has 18 heavy (non-hydrogen) atoms. The summed E-state index contributed by atoms with van der Waals surface area (Å²) in [5.41, 5.74) is 2.32. The van der Waals surface area contributed by atoms with Gasteiger partial charge in [-0.05, 0) is 41.6 Å². The molecule has 0 spiro atoms. The lowest BCUT2D eigenvalue weighted by atomic mass is 10.1. The minimum Gasteiger partial charge on any atom is -0.478 e. The largest absolute Gasteiger partial charge is 0.478 e. The Morgan fingerprint density at radius 1 is 1.39 bits per heavy atom. The molecule has 0 aliphatic heterocycles. The summed E-state index contributed by atoms with van der Waals surface area (Å²) in [6.45, 7) is 1.99. The molecule has 0 radical (unpaired) electrons. The number of halogens is 1. The first kappa shape index (κ1) is 13.1. The molecular formula is C14H11BrO2S. The third-order valence-electron chi connectivity index (χ3n) is 2.52. The van der Waals surface area contributed by atoms with E-state index in [4.69, 9.17) is 0 Å². The molecule has 0 fully saturated rings. The molecule has 0 saturated heterocycles. The van der Waals surface area contributed by atoms with E-state index in [9.17, 15) is 9.90 Å². The number of hydrogen-bond donors (Lipinski definition) is 1. The molecule has 0 atom stereocenters. The normalized spacial score (nSPS) is 11.6. The Balaban J connectivity index is 2.45. The Labute approximate surface area is 118 Å². The summed E-state index contributed by atoms with van der Waals surface area (Å²) >= 11 is 4.87. The first-order valence-corrected chi connectivity index (χ1v) is 7.00. The van der Waals surface area contributed by atoms with Crippen LogP contribution in [-0.2, 0) is 4.79 Å². The monoisotopic (exact) mass is 322 g/mol.